The number of amides is 1. The van der Waals surface area contributed by atoms with Crippen molar-refractivity contribution in [2.45, 2.75) is 51.6 Å². The van der Waals surface area contributed by atoms with Gasteiger partial charge in [-0.1, -0.05) is 49.6 Å². The van der Waals surface area contributed by atoms with E-state index in [-0.39, 0.29) is 11.9 Å². The molecule has 2 rings (SSSR count). The van der Waals surface area contributed by atoms with Gasteiger partial charge in [0.15, 0.2) is 0 Å². The number of hydrogen-bond acceptors (Lipinski definition) is 2. The number of benzene rings is 1. The van der Waals surface area contributed by atoms with Gasteiger partial charge in [0.2, 0.25) is 5.91 Å². The number of carbonyl (C=O) groups is 1. The molecule has 0 aromatic heterocycles. The van der Waals surface area contributed by atoms with E-state index in [1.807, 2.05) is 31.2 Å². The molecule has 0 aliphatic heterocycles. The molecule has 1 aromatic carbocycles. The molecule has 21 heavy (non-hydrogen) atoms. The molecule has 1 aromatic rings. The molecule has 0 unspecified atom stereocenters. The molecule has 1 aliphatic carbocycles. The van der Waals surface area contributed by atoms with E-state index in [1.165, 1.54) is 19.3 Å². The predicted molar refractivity (Wildman–Crippen MR) is 87.4 cm³/mol. The number of rotatable bonds is 5. The number of hydrogen-bond donors (Lipinski definition) is 2. The maximum absolute atomic E-state index is 12.1. The third-order valence-electron chi connectivity index (χ3n) is 4.40. The van der Waals surface area contributed by atoms with Crippen molar-refractivity contribution in [2.24, 2.45) is 5.92 Å². The molecule has 0 bridgehead atoms. The van der Waals surface area contributed by atoms with Crippen molar-refractivity contribution in [1.29, 1.82) is 0 Å². The Hall–Kier alpha value is -1.06. The highest BCUT2D eigenvalue weighted by atomic mass is 35.5. The van der Waals surface area contributed by atoms with Gasteiger partial charge in [0.05, 0.1) is 6.54 Å². The van der Waals surface area contributed by atoms with Gasteiger partial charge in [0.25, 0.3) is 0 Å². The molecule has 1 saturated carbocycles. The van der Waals surface area contributed by atoms with E-state index < -0.39 is 0 Å². The van der Waals surface area contributed by atoms with Crippen LogP contribution in [0.2, 0.25) is 5.02 Å². The average molecular weight is 309 g/mol. The Kier molecular flexibility index (Phi) is 6.07. The van der Waals surface area contributed by atoms with E-state index in [0.29, 0.717) is 18.5 Å². The first kappa shape index (κ1) is 16.3. The fraction of sp³-hybridized carbons (Fsp3) is 0.588. The van der Waals surface area contributed by atoms with Gasteiger partial charge in [-0.25, -0.2) is 0 Å². The average Bonchev–Trinajstić information content (AvgIpc) is 2.48. The quantitative estimate of drug-likeness (QED) is 0.871. The monoisotopic (exact) mass is 308 g/mol. The lowest BCUT2D eigenvalue weighted by atomic mass is 9.86. The van der Waals surface area contributed by atoms with Crippen LogP contribution in [0.3, 0.4) is 0 Å². The summed E-state index contributed by atoms with van der Waals surface area (Å²) >= 11 is 6.17. The summed E-state index contributed by atoms with van der Waals surface area (Å²) in [5.41, 5.74) is 1.03. The molecule has 3 nitrogen and oxygen atoms in total. The highest BCUT2D eigenvalue weighted by Gasteiger charge is 2.22. The van der Waals surface area contributed by atoms with Crippen molar-refractivity contribution < 1.29 is 4.79 Å². The summed E-state index contributed by atoms with van der Waals surface area (Å²) in [7, 11) is 0. The Morgan fingerprint density at radius 3 is 2.76 bits per heavy atom. The van der Waals surface area contributed by atoms with Crippen molar-refractivity contribution in [3.05, 3.63) is 34.9 Å². The zero-order valence-corrected chi connectivity index (χ0v) is 13.6. The lowest BCUT2D eigenvalue weighted by molar-refractivity contribution is -0.121. The first-order valence-corrected chi connectivity index (χ1v) is 8.23. The van der Waals surface area contributed by atoms with Gasteiger partial charge in [-0.15, -0.1) is 0 Å². The molecule has 3 atom stereocenters. The standard InChI is InChI=1S/C17H25ClN2O/c1-12-7-3-6-10-16(12)20-17(21)11-19-13(2)14-8-4-5-9-15(14)18/h4-5,8-9,12-13,16,19H,3,6-7,10-11H2,1-2H3,(H,20,21)/t12-,13-,16+/m0/s1. The second-order valence-corrected chi connectivity index (χ2v) is 6.47. The summed E-state index contributed by atoms with van der Waals surface area (Å²) in [5.74, 6) is 0.663. The van der Waals surface area contributed by atoms with Crippen molar-refractivity contribution in [3.8, 4) is 0 Å². The second kappa shape index (κ2) is 7.81. The van der Waals surface area contributed by atoms with E-state index >= 15 is 0 Å². The smallest absolute Gasteiger partial charge is 0.234 e. The summed E-state index contributed by atoms with van der Waals surface area (Å²) in [6.45, 7) is 4.58. The predicted octanol–water partition coefficient (Wildman–Crippen LogP) is 3.69. The van der Waals surface area contributed by atoms with Crippen LogP contribution in [0.15, 0.2) is 24.3 Å². The zero-order valence-electron chi connectivity index (χ0n) is 12.9. The maximum Gasteiger partial charge on any atom is 0.234 e. The Morgan fingerprint density at radius 1 is 1.33 bits per heavy atom. The minimum absolute atomic E-state index is 0.0632. The van der Waals surface area contributed by atoms with Crippen molar-refractivity contribution in [3.63, 3.8) is 0 Å². The largest absolute Gasteiger partial charge is 0.352 e. The first-order chi connectivity index (χ1) is 10.1. The number of nitrogens with one attached hydrogen (secondary N) is 2. The number of halogens is 1. The molecular weight excluding hydrogens is 284 g/mol. The molecule has 1 amide bonds. The van der Waals surface area contributed by atoms with Crippen LogP contribution < -0.4 is 10.6 Å². The Labute approximate surface area is 132 Å². The molecule has 0 saturated heterocycles. The topological polar surface area (TPSA) is 41.1 Å². The van der Waals surface area contributed by atoms with Crippen LogP contribution in [0, 0.1) is 5.92 Å². The zero-order chi connectivity index (χ0) is 15.2. The van der Waals surface area contributed by atoms with E-state index in [4.69, 9.17) is 11.6 Å². The summed E-state index contributed by atoms with van der Waals surface area (Å²) in [6.07, 6.45) is 4.83. The maximum atomic E-state index is 12.1. The van der Waals surface area contributed by atoms with Crippen molar-refractivity contribution in [2.75, 3.05) is 6.54 Å². The Balaban J connectivity index is 1.79. The van der Waals surface area contributed by atoms with Crippen LogP contribution in [-0.4, -0.2) is 18.5 Å². The third kappa shape index (κ3) is 4.72. The van der Waals surface area contributed by atoms with Gasteiger partial charge >= 0.3 is 0 Å². The van der Waals surface area contributed by atoms with Crippen LogP contribution >= 0.6 is 11.6 Å². The lowest BCUT2D eigenvalue weighted by Crippen LogP contribution is -2.45. The molecule has 0 radical (unpaired) electrons. The van der Waals surface area contributed by atoms with Gasteiger partial charge in [0, 0.05) is 17.1 Å². The fourth-order valence-electron chi connectivity index (χ4n) is 2.97. The molecule has 2 N–H and O–H groups in total. The normalized spacial score (nSPS) is 23.6. The van der Waals surface area contributed by atoms with Crippen LogP contribution in [0.4, 0.5) is 0 Å². The van der Waals surface area contributed by atoms with E-state index in [1.54, 1.807) is 0 Å². The fourth-order valence-corrected chi connectivity index (χ4v) is 3.27. The van der Waals surface area contributed by atoms with Crippen molar-refractivity contribution >= 4 is 17.5 Å². The first-order valence-electron chi connectivity index (χ1n) is 7.85. The highest BCUT2D eigenvalue weighted by Crippen LogP contribution is 2.24. The summed E-state index contributed by atoms with van der Waals surface area (Å²) in [4.78, 5) is 12.1. The molecule has 0 spiro atoms. The second-order valence-electron chi connectivity index (χ2n) is 6.06. The van der Waals surface area contributed by atoms with Gasteiger partial charge in [0.1, 0.15) is 0 Å². The molecule has 4 heteroatoms. The summed E-state index contributed by atoms with van der Waals surface area (Å²) in [5, 5.41) is 7.14. The van der Waals surface area contributed by atoms with E-state index in [9.17, 15) is 4.79 Å². The van der Waals surface area contributed by atoms with E-state index in [0.717, 1.165) is 17.0 Å². The van der Waals surface area contributed by atoms with E-state index in [2.05, 4.69) is 17.6 Å². The minimum Gasteiger partial charge on any atom is -0.352 e. The summed E-state index contributed by atoms with van der Waals surface area (Å²) in [6, 6.07) is 8.13. The summed E-state index contributed by atoms with van der Waals surface area (Å²) < 4.78 is 0. The van der Waals surface area contributed by atoms with Gasteiger partial charge in [-0.2, -0.15) is 0 Å². The molecule has 0 heterocycles. The van der Waals surface area contributed by atoms with Crippen LogP contribution in [0.1, 0.15) is 51.1 Å². The van der Waals surface area contributed by atoms with Gasteiger partial charge < -0.3 is 10.6 Å². The minimum atomic E-state index is 0.0632. The third-order valence-corrected chi connectivity index (χ3v) is 4.74. The van der Waals surface area contributed by atoms with Crippen molar-refractivity contribution in [1.82, 2.24) is 10.6 Å². The Morgan fingerprint density at radius 2 is 2.05 bits per heavy atom. The van der Waals surface area contributed by atoms with Gasteiger partial charge in [-0.3, -0.25) is 4.79 Å². The van der Waals surface area contributed by atoms with Crippen LogP contribution in [-0.2, 0) is 4.79 Å². The highest BCUT2D eigenvalue weighted by molar-refractivity contribution is 6.31. The lowest BCUT2D eigenvalue weighted by Gasteiger charge is -2.29. The number of carbonyl (C=O) groups excluding carboxylic acids is 1. The molecule has 1 fully saturated rings. The van der Waals surface area contributed by atoms with Crippen LogP contribution in [0.5, 0.6) is 0 Å². The van der Waals surface area contributed by atoms with Crippen LogP contribution in [0.25, 0.3) is 0 Å². The van der Waals surface area contributed by atoms with Gasteiger partial charge in [-0.05, 0) is 37.3 Å². The Bertz CT molecular complexity index is 478. The molecular formula is C17H25ClN2O. The SMILES string of the molecule is C[C@H](NCC(=O)N[C@@H]1CCCC[C@@H]1C)c1ccccc1Cl. The molecule has 1 aliphatic rings. The molecule has 116 valence electrons.